The lowest BCUT2D eigenvalue weighted by atomic mass is 10.1. The summed E-state index contributed by atoms with van der Waals surface area (Å²) in [6.07, 6.45) is -0.109. The number of carboxylic acid groups (broad SMARTS) is 1. The first-order valence-corrected chi connectivity index (χ1v) is 5.33. The minimum atomic E-state index is -0.833. The molecule has 100 valence electrons. The smallest absolute Gasteiger partial charge is 0.404 e. The lowest BCUT2D eigenvalue weighted by molar-refractivity contribution is -0.134. The maximum atomic E-state index is 10.3. The average molecular weight is 254 g/mol. The summed E-state index contributed by atoms with van der Waals surface area (Å²) < 4.78 is 4.59. The quantitative estimate of drug-likeness (QED) is 0.733. The van der Waals surface area contributed by atoms with Crippen LogP contribution in [0.15, 0.2) is 30.3 Å². The van der Waals surface area contributed by atoms with Gasteiger partial charge in [-0.3, -0.25) is 4.79 Å². The third-order valence-electron chi connectivity index (χ3n) is 1.78. The van der Waals surface area contributed by atoms with E-state index in [-0.39, 0.29) is 12.6 Å². The topological polar surface area (TPSA) is 116 Å². The highest BCUT2D eigenvalue weighted by Gasteiger charge is 2.05. The van der Waals surface area contributed by atoms with Crippen molar-refractivity contribution in [3.8, 4) is 0 Å². The molecule has 6 nitrogen and oxygen atoms in total. The van der Waals surface area contributed by atoms with Crippen LogP contribution >= 0.6 is 0 Å². The van der Waals surface area contributed by atoms with Crippen molar-refractivity contribution in [3.05, 3.63) is 35.9 Å². The van der Waals surface area contributed by atoms with Gasteiger partial charge in [0.1, 0.15) is 6.61 Å². The molecule has 18 heavy (non-hydrogen) atoms. The van der Waals surface area contributed by atoms with Gasteiger partial charge < -0.3 is 21.3 Å². The molecule has 0 saturated heterocycles. The van der Waals surface area contributed by atoms with Crippen LogP contribution in [0.2, 0.25) is 0 Å². The number of carbonyl (C=O) groups excluding carboxylic acids is 1. The first-order valence-electron chi connectivity index (χ1n) is 5.33. The van der Waals surface area contributed by atoms with Crippen LogP contribution in [-0.2, 0) is 16.0 Å². The van der Waals surface area contributed by atoms with Gasteiger partial charge in [0, 0.05) is 13.0 Å². The normalized spacial score (nSPS) is 10.8. The van der Waals surface area contributed by atoms with Gasteiger partial charge in [-0.05, 0) is 12.0 Å². The van der Waals surface area contributed by atoms with E-state index in [1.54, 1.807) is 0 Å². The fourth-order valence-electron chi connectivity index (χ4n) is 1.16. The summed E-state index contributed by atoms with van der Waals surface area (Å²) in [5, 5.41) is 7.42. The second-order valence-electron chi connectivity index (χ2n) is 3.60. The summed E-state index contributed by atoms with van der Waals surface area (Å²) in [6, 6.07) is 9.57. The van der Waals surface area contributed by atoms with E-state index < -0.39 is 12.1 Å². The van der Waals surface area contributed by atoms with Gasteiger partial charge in [-0.15, -0.1) is 0 Å². The molecule has 0 aromatic heterocycles. The van der Waals surface area contributed by atoms with Crippen LogP contribution in [0.25, 0.3) is 0 Å². The highest BCUT2D eigenvalue weighted by atomic mass is 16.5. The predicted octanol–water partition coefficient (Wildman–Crippen LogP) is 0.743. The number of ether oxygens (including phenoxy) is 1. The van der Waals surface area contributed by atoms with Crippen LogP contribution in [0.3, 0.4) is 0 Å². The number of rotatable bonds is 4. The van der Waals surface area contributed by atoms with Crippen molar-refractivity contribution in [2.24, 2.45) is 11.5 Å². The van der Waals surface area contributed by atoms with E-state index in [1.807, 2.05) is 30.3 Å². The van der Waals surface area contributed by atoms with Crippen LogP contribution in [0.1, 0.15) is 12.5 Å². The maximum Gasteiger partial charge on any atom is 0.404 e. The molecule has 0 fully saturated rings. The third-order valence-corrected chi connectivity index (χ3v) is 1.78. The Bertz CT molecular complexity index is 364. The summed E-state index contributed by atoms with van der Waals surface area (Å²) >= 11 is 0. The Balaban J connectivity index is 0.000000631. The zero-order valence-electron chi connectivity index (χ0n) is 10.2. The number of amides is 1. The van der Waals surface area contributed by atoms with Gasteiger partial charge in [-0.1, -0.05) is 30.3 Å². The summed E-state index contributed by atoms with van der Waals surface area (Å²) in [5.74, 6) is -0.833. The van der Waals surface area contributed by atoms with Gasteiger partial charge in [0.05, 0.1) is 0 Å². The molecule has 0 radical (unpaired) electrons. The maximum absolute atomic E-state index is 10.3. The molecule has 6 heteroatoms. The Kier molecular flexibility index (Phi) is 7.96. The van der Waals surface area contributed by atoms with Crippen molar-refractivity contribution >= 4 is 12.1 Å². The summed E-state index contributed by atoms with van der Waals surface area (Å²) in [5.41, 5.74) is 11.7. The van der Waals surface area contributed by atoms with E-state index in [9.17, 15) is 4.79 Å². The van der Waals surface area contributed by atoms with Crippen LogP contribution in [0, 0.1) is 0 Å². The molecular weight excluding hydrogens is 236 g/mol. The first-order chi connectivity index (χ1) is 8.41. The predicted molar refractivity (Wildman–Crippen MR) is 67.0 cm³/mol. The standard InChI is InChI=1S/C10H14N2O2.C2H4O2/c11-9(7-14-10(12)13)6-8-4-2-1-3-5-8;1-2(3)4/h1-5,9H,6-7,11H2,(H2,12,13);1H3,(H,3,4). The zero-order chi connectivity index (χ0) is 14.0. The highest BCUT2D eigenvalue weighted by molar-refractivity contribution is 5.64. The van der Waals surface area contributed by atoms with Gasteiger partial charge in [-0.2, -0.15) is 0 Å². The Hall–Kier alpha value is -2.08. The average Bonchev–Trinajstić information content (AvgIpc) is 2.27. The molecule has 0 spiro atoms. The van der Waals surface area contributed by atoms with Crippen LogP contribution in [0.4, 0.5) is 4.79 Å². The Morgan fingerprint density at radius 2 is 1.83 bits per heavy atom. The molecule has 1 aromatic rings. The van der Waals surface area contributed by atoms with E-state index in [0.29, 0.717) is 6.42 Å². The number of nitrogens with two attached hydrogens (primary N) is 2. The second-order valence-corrected chi connectivity index (χ2v) is 3.60. The van der Waals surface area contributed by atoms with Gasteiger partial charge in [0.2, 0.25) is 0 Å². The van der Waals surface area contributed by atoms with Crippen molar-refractivity contribution in [2.45, 2.75) is 19.4 Å². The molecule has 1 atom stereocenters. The summed E-state index contributed by atoms with van der Waals surface area (Å²) in [4.78, 5) is 19.3. The fourth-order valence-corrected chi connectivity index (χ4v) is 1.16. The number of benzene rings is 1. The molecule has 1 rings (SSSR count). The van der Waals surface area contributed by atoms with E-state index in [0.717, 1.165) is 12.5 Å². The van der Waals surface area contributed by atoms with E-state index >= 15 is 0 Å². The van der Waals surface area contributed by atoms with E-state index in [4.69, 9.17) is 21.4 Å². The minimum absolute atomic E-state index is 0.157. The van der Waals surface area contributed by atoms with Crippen molar-refractivity contribution in [3.63, 3.8) is 0 Å². The highest BCUT2D eigenvalue weighted by Crippen LogP contribution is 2.01. The van der Waals surface area contributed by atoms with Gasteiger partial charge in [0.25, 0.3) is 5.97 Å². The zero-order valence-corrected chi connectivity index (χ0v) is 10.2. The number of hydrogen-bond donors (Lipinski definition) is 3. The fraction of sp³-hybridized carbons (Fsp3) is 0.333. The van der Waals surface area contributed by atoms with Crippen molar-refractivity contribution < 1.29 is 19.4 Å². The van der Waals surface area contributed by atoms with Gasteiger partial charge in [0.15, 0.2) is 0 Å². The number of carbonyl (C=O) groups is 2. The Labute approximate surface area is 106 Å². The molecule has 1 amide bonds. The molecule has 0 aliphatic heterocycles. The van der Waals surface area contributed by atoms with Crippen LogP contribution < -0.4 is 11.5 Å². The molecule has 0 saturated carbocycles. The van der Waals surface area contributed by atoms with E-state index in [2.05, 4.69) is 4.74 Å². The Morgan fingerprint density at radius 3 is 2.28 bits per heavy atom. The van der Waals surface area contributed by atoms with Crippen molar-refractivity contribution in [2.75, 3.05) is 6.61 Å². The second kappa shape index (κ2) is 9.00. The monoisotopic (exact) mass is 254 g/mol. The summed E-state index contributed by atoms with van der Waals surface area (Å²) in [7, 11) is 0. The molecule has 1 unspecified atom stereocenters. The molecule has 0 heterocycles. The largest absolute Gasteiger partial charge is 0.481 e. The number of aliphatic carboxylic acids is 1. The molecule has 0 bridgehead atoms. The van der Waals surface area contributed by atoms with E-state index in [1.165, 1.54) is 0 Å². The number of hydrogen-bond acceptors (Lipinski definition) is 4. The molecule has 5 N–H and O–H groups in total. The first kappa shape index (κ1) is 15.9. The molecule has 0 aliphatic carbocycles. The lowest BCUT2D eigenvalue weighted by Crippen LogP contribution is -2.31. The third kappa shape index (κ3) is 10.4. The SMILES string of the molecule is CC(=O)O.NC(=O)OCC(N)Cc1ccccc1. The number of primary amides is 1. The van der Waals surface area contributed by atoms with Crippen molar-refractivity contribution in [1.29, 1.82) is 0 Å². The number of carboxylic acids is 1. The van der Waals surface area contributed by atoms with Gasteiger partial charge in [-0.25, -0.2) is 4.79 Å². The van der Waals surface area contributed by atoms with Crippen LogP contribution in [0.5, 0.6) is 0 Å². The molecular formula is C12H18N2O4. The minimum Gasteiger partial charge on any atom is -0.481 e. The van der Waals surface area contributed by atoms with Crippen LogP contribution in [-0.4, -0.2) is 29.8 Å². The van der Waals surface area contributed by atoms with Crippen molar-refractivity contribution in [1.82, 2.24) is 0 Å². The molecule has 0 aliphatic rings. The molecule has 1 aromatic carbocycles. The lowest BCUT2D eigenvalue weighted by Gasteiger charge is -2.10. The summed E-state index contributed by atoms with van der Waals surface area (Å²) in [6.45, 7) is 1.24. The Morgan fingerprint density at radius 1 is 1.33 bits per heavy atom. The van der Waals surface area contributed by atoms with Gasteiger partial charge >= 0.3 is 6.09 Å².